The second kappa shape index (κ2) is 4.36. The van der Waals surface area contributed by atoms with E-state index >= 15 is 0 Å². The highest BCUT2D eigenvalue weighted by molar-refractivity contribution is 6.30. The number of halogens is 1. The Morgan fingerprint density at radius 1 is 1.38 bits per heavy atom. The molecule has 0 aliphatic heterocycles. The number of aromatic nitrogens is 4. The molecule has 0 aliphatic rings. The molecule has 0 amide bonds. The van der Waals surface area contributed by atoms with Crippen molar-refractivity contribution in [2.24, 2.45) is 5.18 Å². The predicted octanol–water partition coefficient (Wildman–Crippen LogP) is 1.95. The van der Waals surface area contributed by atoms with Gasteiger partial charge in [-0.3, -0.25) is 0 Å². The van der Waals surface area contributed by atoms with Crippen molar-refractivity contribution >= 4 is 11.6 Å². The van der Waals surface area contributed by atoms with E-state index in [4.69, 9.17) is 11.6 Å². The van der Waals surface area contributed by atoms with Crippen molar-refractivity contribution in [3.63, 3.8) is 0 Å². The van der Waals surface area contributed by atoms with Gasteiger partial charge in [-0.2, -0.15) is 4.68 Å². The summed E-state index contributed by atoms with van der Waals surface area (Å²) >= 11 is 5.76. The van der Waals surface area contributed by atoms with E-state index in [1.807, 2.05) is 0 Å². The topological polar surface area (TPSA) is 73.0 Å². The summed E-state index contributed by atoms with van der Waals surface area (Å²) in [4.78, 5) is 10.8. The van der Waals surface area contributed by atoms with Crippen molar-refractivity contribution in [3.05, 3.63) is 45.6 Å². The zero-order chi connectivity index (χ0) is 11.5. The van der Waals surface area contributed by atoms with Gasteiger partial charge in [-0.1, -0.05) is 23.7 Å². The van der Waals surface area contributed by atoms with Gasteiger partial charge in [0.1, 0.15) is 0 Å². The summed E-state index contributed by atoms with van der Waals surface area (Å²) < 4.78 is 1.36. The maximum atomic E-state index is 10.8. The van der Waals surface area contributed by atoms with Gasteiger partial charge in [-0.15, -0.1) is 10.0 Å². The van der Waals surface area contributed by atoms with Crippen molar-refractivity contribution in [2.45, 2.75) is 13.1 Å². The van der Waals surface area contributed by atoms with Crippen molar-refractivity contribution in [3.8, 4) is 0 Å². The van der Waals surface area contributed by atoms with E-state index in [2.05, 4.69) is 20.7 Å². The van der Waals surface area contributed by atoms with Gasteiger partial charge < -0.3 is 0 Å². The highest BCUT2D eigenvalue weighted by atomic mass is 35.5. The number of tetrazole rings is 1. The van der Waals surface area contributed by atoms with E-state index < -0.39 is 6.17 Å². The summed E-state index contributed by atoms with van der Waals surface area (Å²) in [5, 5.41) is 14.5. The number of nitroso groups, excluding NO2 is 1. The molecule has 1 atom stereocenters. The molecule has 1 unspecified atom stereocenters. The van der Waals surface area contributed by atoms with Crippen LogP contribution in [0.3, 0.4) is 0 Å². The van der Waals surface area contributed by atoms with E-state index in [1.165, 1.54) is 4.68 Å². The zero-order valence-corrected chi connectivity index (χ0v) is 9.16. The minimum atomic E-state index is -0.757. The predicted molar refractivity (Wildman–Crippen MR) is 57.9 cm³/mol. The molecule has 6 nitrogen and oxygen atoms in total. The molecule has 82 valence electrons. The van der Waals surface area contributed by atoms with Crippen molar-refractivity contribution in [2.75, 3.05) is 0 Å². The molecule has 0 radical (unpaired) electrons. The van der Waals surface area contributed by atoms with Gasteiger partial charge in [0, 0.05) is 10.6 Å². The van der Waals surface area contributed by atoms with Crippen LogP contribution in [0.25, 0.3) is 0 Å². The molecule has 7 heteroatoms. The van der Waals surface area contributed by atoms with E-state index in [9.17, 15) is 4.91 Å². The fourth-order valence-corrected chi connectivity index (χ4v) is 1.47. The second-order valence-electron chi connectivity index (χ2n) is 3.20. The first kappa shape index (κ1) is 10.7. The Balaban J connectivity index is 2.40. The number of benzene rings is 1. The lowest BCUT2D eigenvalue weighted by Crippen LogP contribution is -2.11. The molecule has 1 aromatic heterocycles. The van der Waals surface area contributed by atoms with Crippen LogP contribution < -0.4 is 0 Å². The normalized spacial score (nSPS) is 12.4. The standard InChI is InChI=1S/C9H8ClN5O/c1-6-11-13-14-15(6)9(12-16)7-2-4-8(10)5-3-7/h2-5,9H,1H3. The molecule has 0 fully saturated rings. The number of nitrogens with zero attached hydrogens (tertiary/aromatic N) is 5. The molecule has 1 aromatic carbocycles. The lowest BCUT2D eigenvalue weighted by Gasteiger charge is -2.09. The van der Waals surface area contributed by atoms with E-state index in [0.717, 1.165) is 0 Å². The Labute approximate surface area is 96.2 Å². The van der Waals surface area contributed by atoms with Gasteiger partial charge >= 0.3 is 0 Å². The maximum absolute atomic E-state index is 10.8. The van der Waals surface area contributed by atoms with Crippen LogP contribution >= 0.6 is 11.6 Å². The number of rotatable bonds is 3. The lowest BCUT2D eigenvalue weighted by molar-refractivity contribution is 0.510. The molecule has 0 aliphatic carbocycles. The van der Waals surface area contributed by atoms with Crippen LogP contribution in [-0.4, -0.2) is 20.2 Å². The van der Waals surface area contributed by atoms with Crippen molar-refractivity contribution in [1.82, 2.24) is 20.2 Å². The summed E-state index contributed by atoms with van der Waals surface area (Å²) in [7, 11) is 0. The molecule has 0 saturated carbocycles. The van der Waals surface area contributed by atoms with Crippen molar-refractivity contribution in [1.29, 1.82) is 0 Å². The maximum Gasteiger partial charge on any atom is 0.212 e. The Morgan fingerprint density at radius 2 is 2.06 bits per heavy atom. The van der Waals surface area contributed by atoms with Crippen LogP contribution in [0.2, 0.25) is 5.02 Å². The summed E-state index contributed by atoms with van der Waals surface area (Å²) in [6.07, 6.45) is -0.757. The second-order valence-corrected chi connectivity index (χ2v) is 3.64. The Hall–Kier alpha value is -1.82. The van der Waals surface area contributed by atoms with Crippen LogP contribution in [0.4, 0.5) is 0 Å². The van der Waals surface area contributed by atoms with Crippen LogP contribution in [0.15, 0.2) is 29.4 Å². The summed E-state index contributed by atoms with van der Waals surface area (Å²) in [6.45, 7) is 1.70. The Morgan fingerprint density at radius 3 is 2.56 bits per heavy atom. The zero-order valence-electron chi connectivity index (χ0n) is 8.41. The molecule has 2 aromatic rings. The van der Waals surface area contributed by atoms with Crippen LogP contribution in [0.1, 0.15) is 17.6 Å². The molecule has 2 rings (SSSR count). The third-order valence-electron chi connectivity index (χ3n) is 2.16. The molecular weight excluding hydrogens is 230 g/mol. The van der Waals surface area contributed by atoms with Crippen LogP contribution in [0.5, 0.6) is 0 Å². The number of aryl methyl sites for hydroxylation is 1. The van der Waals surface area contributed by atoms with Crippen LogP contribution in [-0.2, 0) is 0 Å². The first-order valence-corrected chi connectivity index (χ1v) is 4.92. The van der Waals surface area contributed by atoms with Crippen LogP contribution in [0, 0.1) is 11.8 Å². The average molecular weight is 238 g/mol. The molecular formula is C9H8ClN5O. The van der Waals surface area contributed by atoms with E-state index in [1.54, 1.807) is 31.2 Å². The molecule has 0 spiro atoms. The third-order valence-corrected chi connectivity index (χ3v) is 2.41. The third kappa shape index (κ3) is 1.92. The molecule has 16 heavy (non-hydrogen) atoms. The van der Waals surface area contributed by atoms with Gasteiger partial charge in [0.05, 0.1) is 0 Å². The lowest BCUT2D eigenvalue weighted by atomic mass is 10.2. The minimum absolute atomic E-state index is 0.527. The SMILES string of the molecule is Cc1nnnn1C(N=O)c1ccc(Cl)cc1. The summed E-state index contributed by atoms with van der Waals surface area (Å²) in [5.41, 5.74) is 0.690. The van der Waals surface area contributed by atoms with E-state index in [0.29, 0.717) is 16.4 Å². The largest absolute Gasteiger partial charge is 0.212 e. The number of hydrogen-bond acceptors (Lipinski definition) is 5. The summed E-state index contributed by atoms with van der Waals surface area (Å²) in [6, 6.07) is 6.81. The van der Waals surface area contributed by atoms with Crippen molar-refractivity contribution < 1.29 is 0 Å². The monoisotopic (exact) mass is 237 g/mol. The Kier molecular flexibility index (Phi) is 2.91. The highest BCUT2D eigenvalue weighted by Crippen LogP contribution is 2.21. The minimum Gasteiger partial charge on any atom is -0.197 e. The quantitative estimate of drug-likeness (QED) is 0.765. The first-order valence-electron chi connectivity index (χ1n) is 4.55. The fraction of sp³-hybridized carbons (Fsp3) is 0.222. The fourth-order valence-electron chi connectivity index (χ4n) is 1.35. The number of hydrogen-bond donors (Lipinski definition) is 0. The van der Waals surface area contributed by atoms with Gasteiger partial charge in [0.15, 0.2) is 5.82 Å². The Bertz CT molecular complexity index is 495. The van der Waals surface area contributed by atoms with Gasteiger partial charge in [-0.05, 0) is 34.7 Å². The first-order chi connectivity index (χ1) is 7.72. The molecule has 0 bridgehead atoms. The smallest absolute Gasteiger partial charge is 0.197 e. The van der Waals surface area contributed by atoms with Gasteiger partial charge in [0.2, 0.25) is 6.17 Å². The van der Waals surface area contributed by atoms with Gasteiger partial charge in [-0.25, -0.2) is 0 Å². The molecule has 0 saturated heterocycles. The molecule has 0 N–H and O–H groups in total. The highest BCUT2D eigenvalue weighted by Gasteiger charge is 2.17. The average Bonchev–Trinajstić information content (AvgIpc) is 2.69. The molecule has 1 heterocycles. The van der Waals surface area contributed by atoms with E-state index in [-0.39, 0.29) is 0 Å². The van der Waals surface area contributed by atoms with Gasteiger partial charge in [0.25, 0.3) is 0 Å². The summed E-state index contributed by atoms with van der Waals surface area (Å²) in [5.74, 6) is 0.527.